The molecule has 1 aromatic carbocycles. The number of nitrogens with one attached hydrogen (secondary N) is 1. The van der Waals surface area contributed by atoms with Gasteiger partial charge in [-0.25, -0.2) is 4.79 Å². The van der Waals surface area contributed by atoms with Crippen molar-refractivity contribution >= 4 is 23.5 Å². The fourth-order valence-corrected chi connectivity index (χ4v) is 2.89. The van der Waals surface area contributed by atoms with Crippen LogP contribution in [-0.4, -0.2) is 53.4 Å². The molecule has 2 saturated heterocycles. The Hall–Kier alpha value is -2.71. The number of carbonyl (C=O) groups excluding carboxylic acids is 3. The second-order valence-electron chi connectivity index (χ2n) is 5.51. The van der Waals surface area contributed by atoms with Gasteiger partial charge < -0.3 is 15.0 Å². The van der Waals surface area contributed by atoms with Gasteiger partial charge in [-0.2, -0.15) is 8.78 Å². The molecule has 1 aromatic rings. The van der Waals surface area contributed by atoms with Crippen LogP contribution in [0.4, 0.5) is 19.3 Å². The van der Waals surface area contributed by atoms with Crippen molar-refractivity contribution in [3.05, 3.63) is 24.3 Å². The highest BCUT2D eigenvalue weighted by Crippen LogP contribution is 2.27. The maximum atomic E-state index is 12.1. The third kappa shape index (κ3) is 3.15. The average Bonchev–Trinajstić information content (AvgIpc) is 3.09. The summed E-state index contributed by atoms with van der Waals surface area (Å²) in [6.45, 7) is -2.77. The van der Waals surface area contributed by atoms with Crippen LogP contribution < -0.4 is 10.1 Å². The molecule has 7 nitrogen and oxygen atoms in total. The number of benzene rings is 1. The van der Waals surface area contributed by atoms with Crippen LogP contribution in [0.15, 0.2) is 24.3 Å². The monoisotopic (exact) mass is 339 g/mol. The van der Waals surface area contributed by atoms with E-state index in [4.69, 9.17) is 0 Å². The van der Waals surface area contributed by atoms with Gasteiger partial charge in [-0.15, -0.1) is 0 Å². The largest absolute Gasteiger partial charge is 0.435 e. The van der Waals surface area contributed by atoms with Crippen molar-refractivity contribution in [2.45, 2.75) is 25.5 Å². The number of anilines is 1. The van der Waals surface area contributed by atoms with E-state index in [2.05, 4.69) is 10.1 Å². The Labute approximate surface area is 136 Å². The molecule has 0 bridgehead atoms. The molecule has 2 aliphatic rings. The van der Waals surface area contributed by atoms with Crippen LogP contribution in [0.3, 0.4) is 0 Å². The van der Waals surface area contributed by atoms with Crippen LogP contribution in [0, 0.1) is 0 Å². The van der Waals surface area contributed by atoms with E-state index in [1.807, 2.05) is 0 Å². The van der Waals surface area contributed by atoms with Crippen molar-refractivity contribution in [2.24, 2.45) is 0 Å². The molecular weight excluding hydrogens is 324 g/mol. The number of fused-ring (bicyclic) bond motifs is 1. The van der Waals surface area contributed by atoms with Crippen LogP contribution in [0.5, 0.6) is 5.75 Å². The Morgan fingerprint density at radius 1 is 1.29 bits per heavy atom. The van der Waals surface area contributed by atoms with Crippen molar-refractivity contribution in [1.82, 2.24) is 9.80 Å². The third-order valence-electron chi connectivity index (χ3n) is 3.95. The smallest absolute Gasteiger partial charge is 0.387 e. The normalized spacial score (nSPS) is 19.9. The minimum atomic E-state index is -2.92. The van der Waals surface area contributed by atoms with Gasteiger partial charge >= 0.3 is 12.6 Å². The lowest BCUT2D eigenvalue weighted by Crippen LogP contribution is -2.39. The quantitative estimate of drug-likeness (QED) is 0.828. The number of hydrogen-bond donors (Lipinski definition) is 1. The molecule has 2 heterocycles. The molecular formula is C15H15F2N3O4. The minimum Gasteiger partial charge on any atom is -0.435 e. The summed E-state index contributed by atoms with van der Waals surface area (Å²) in [5.74, 6) is -0.928. The lowest BCUT2D eigenvalue weighted by molar-refractivity contribution is -0.131. The number of rotatable bonds is 5. The highest BCUT2D eigenvalue weighted by atomic mass is 19.3. The summed E-state index contributed by atoms with van der Waals surface area (Å²) in [5, 5.41) is 2.51. The first-order valence-electron chi connectivity index (χ1n) is 7.42. The van der Waals surface area contributed by atoms with E-state index in [9.17, 15) is 23.2 Å². The molecule has 128 valence electrons. The number of amides is 4. The molecule has 0 aromatic heterocycles. The second-order valence-corrected chi connectivity index (χ2v) is 5.51. The van der Waals surface area contributed by atoms with E-state index in [-0.39, 0.29) is 18.2 Å². The van der Waals surface area contributed by atoms with E-state index >= 15 is 0 Å². The molecule has 1 atom stereocenters. The fourth-order valence-electron chi connectivity index (χ4n) is 2.89. The topological polar surface area (TPSA) is 79.0 Å². The van der Waals surface area contributed by atoms with E-state index in [1.165, 1.54) is 29.2 Å². The molecule has 0 radical (unpaired) electrons. The molecule has 3 rings (SSSR count). The Morgan fingerprint density at radius 2 is 2.00 bits per heavy atom. The second kappa shape index (κ2) is 6.42. The molecule has 1 N–H and O–H groups in total. The standard InChI is InChI=1S/C15H15F2N3O4/c16-14(17)24-10-5-3-9(4-6-10)18-12(21)8-20-13(22)11-2-1-7-19(11)15(20)23/h3-6,11,14H,1-2,7-8H2,(H,18,21). The van der Waals surface area contributed by atoms with Gasteiger partial charge in [0.2, 0.25) is 5.91 Å². The highest BCUT2D eigenvalue weighted by molar-refractivity contribution is 6.08. The molecule has 2 aliphatic heterocycles. The van der Waals surface area contributed by atoms with Crippen LogP contribution in [0.2, 0.25) is 0 Å². The number of imide groups is 1. The van der Waals surface area contributed by atoms with Gasteiger partial charge in [-0.1, -0.05) is 0 Å². The Bertz CT molecular complexity index is 643. The molecule has 0 saturated carbocycles. The van der Waals surface area contributed by atoms with Gasteiger partial charge in [0, 0.05) is 12.2 Å². The highest BCUT2D eigenvalue weighted by Gasteiger charge is 2.47. The Morgan fingerprint density at radius 3 is 2.62 bits per heavy atom. The van der Waals surface area contributed by atoms with Crippen molar-refractivity contribution in [3.8, 4) is 5.75 Å². The predicted molar refractivity (Wildman–Crippen MR) is 78.5 cm³/mol. The summed E-state index contributed by atoms with van der Waals surface area (Å²) >= 11 is 0. The molecule has 2 fully saturated rings. The number of carbonyl (C=O) groups is 3. The lowest BCUT2D eigenvalue weighted by Gasteiger charge is -2.15. The molecule has 1 unspecified atom stereocenters. The van der Waals surface area contributed by atoms with Gasteiger partial charge in [0.25, 0.3) is 5.91 Å². The molecule has 4 amide bonds. The van der Waals surface area contributed by atoms with Gasteiger partial charge in [0.1, 0.15) is 18.3 Å². The molecule has 0 aliphatic carbocycles. The van der Waals surface area contributed by atoms with Crippen molar-refractivity contribution in [2.75, 3.05) is 18.4 Å². The SMILES string of the molecule is O=C(CN1C(=O)C2CCCN2C1=O)Nc1ccc(OC(F)F)cc1. The number of nitrogens with zero attached hydrogens (tertiary/aromatic N) is 2. The van der Waals surface area contributed by atoms with Gasteiger partial charge in [0.05, 0.1) is 0 Å². The van der Waals surface area contributed by atoms with E-state index in [0.717, 1.165) is 11.3 Å². The zero-order valence-electron chi connectivity index (χ0n) is 12.6. The number of urea groups is 1. The summed E-state index contributed by atoms with van der Waals surface area (Å²) < 4.78 is 28.3. The van der Waals surface area contributed by atoms with Crippen LogP contribution in [0.1, 0.15) is 12.8 Å². The summed E-state index contributed by atoms with van der Waals surface area (Å²) in [5.41, 5.74) is 0.348. The predicted octanol–water partition coefficient (Wildman–Crippen LogP) is 1.65. The summed E-state index contributed by atoms with van der Waals surface area (Å²) in [6.07, 6.45) is 1.41. The number of hydrogen-bond acceptors (Lipinski definition) is 4. The number of ether oxygens (including phenoxy) is 1. The molecule has 9 heteroatoms. The average molecular weight is 339 g/mol. The molecule has 0 spiro atoms. The van der Waals surface area contributed by atoms with E-state index in [1.54, 1.807) is 0 Å². The van der Waals surface area contributed by atoms with Crippen molar-refractivity contribution in [3.63, 3.8) is 0 Å². The first-order chi connectivity index (χ1) is 11.5. The van der Waals surface area contributed by atoms with Crippen LogP contribution >= 0.6 is 0 Å². The van der Waals surface area contributed by atoms with E-state index in [0.29, 0.717) is 18.7 Å². The maximum Gasteiger partial charge on any atom is 0.387 e. The first-order valence-corrected chi connectivity index (χ1v) is 7.42. The zero-order valence-corrected chi connectivity index (χ0v) is 12.6. The number of alkyl halides is 2. The van der Waals surface area contributed by atoms with Crippen molar-refractivity contribution < 1.29 is 27.9 Å². The maximum absolute atomic E-state index is 12.1. The van der Waals surface area contributed by atoms with Gasteiger partial charge in [-0.3, -0.25) is 14.5 Å². The lowest BCUT2D eigenvalue weighted by atomic mass is 10.2. The van der Waals surface area contributed by atoms with Crippen LogP contribution in [-0.2, 0) is 9.59 Å². The Balaban J connectivity index is 1.58. The summed E-state index contributed by atoms with van der Waals surface area (Å²) in [4.78, 5) is 38.7. The summed E-state index contributed by atoms with van der Waals surface area (Å²) in [6, 6.07) is 4.45. The summed E-state index contributed by atoms with van der Waals surface area (Å²) in [7, 11) is 0. The van der Waals surface area contributed by atoms with Crippen LogP contribution in [0.25, 0.3) is 0 Å². The van der Waals surface area contributed by atoms with Crippen molar-refractivity contribution in [1.29, 1.82) is 0 Å². The zero-order chi connectivity index (χ0) is 17.3. The Kier molecular flexibility index (Phi) is 4.32. The first kappa shape index (κ1) is 16.2. The fraction of sp³-hybridized carbons (Fsp3) is 0.400. The van der Waals surface area contributed by atoms with E-state index < -0.39 is 24.6 Å². The molecule has 24 heavy (non-hydrogen) atoms. The van der Waals surface area contributed by atoms with Gasteiger partial charge in [0.15, 0.2) is 0 Å². The third-order valence-corrected chi connectivity index (χ3v) is 3.95. The number of halogens is 2. The van der Waals surface area contributed by atoms with Gasteiger partial charge in [-0.05, 0) is 37.1 Å². The minimum absolute atomic E-state index is 0.0338.